The number of ether oxygens (including phenoxy) is 1. The maximum absolute atomic E-state index is 12.3. The number of carbonyl (C=O) groups is 1. The topological polar surface area (TPSA) is 80.1 Å². The zero-order chi connectivity index (χ0) is 14.1. The first-order chi connectivity index (χ1) is 9.66. The summed E-state index contributed by atoms with van der Waals surface area (Å²) in [5.41, 5.74) is 8.59. The molecule has 4 N–H and O–H groups in total. The lowest BCUT2D eigenvalue weighted by molar-refractivity contribution is 0.0947. The highest BCUT2D eigenvalue weighted by Crippen LogP contribution is 2.38. The molecule has 0 fully saturated rings. The second kappa shape index (κ2) is 5.09. The van der Waals surface area contributed by atoms with Gasteiger partial charge < -0.3 is 20.8 Å². The number of carbonyl (C=O) groups excluding carboxylic acids is 1. The number of hydrogen-bond donors (Lipinski definition) is 3. The number of benzene rings is 1. The van der Waals surface area contributed by atoms with E-state index in [9.17, 15) is 4.79 Å². The van der Waals surface area contributed by atoms with Gasteiger partial charge in [-0.2, -0.15) is 0 Å². The summed E-state index contributed by atoms with van der Waals surface area (Å²) in [6, 6.07) is 5.34. The van der Waals surface area contributed by atoms with Crippen molar-refractivity contribution in [3.8, 4) is 5.75 Å². The number of nitrogen functional groups attached to an aromatic ring is 1. The van der Waals surface area contributed by atoms with E-state index in [1.807, 2.05) is 18.3 Å². The highest BCUT2D eigenvalue weighted by atomic mass is 35.5. The Hall–Kier alpha value is -2.14. The maximum atomic E-state index is 12.3. The van der Waals surface area contributed by atoms with Crippen LogP contribution in [0.3, 0.4) is 0 Å². The van der Waals surface area contributed by atoms with Gasteiger partial charge in [-0.25, -0.2) is 0 Å². The van der Waals surface area contributed by atoms with E-state index in [1.54, 1.807) is 6.07 Å². The largest absolute Gasteiger partial charge is 0.492 e. The average Bonchev–Trinajstić information content (AvgIpc) is 3.10. The van der Waals surface area contributed by atoms with Crippen LogP contribution < -0.4 is 15.8 Å². The molecular weight excluding hydrogens is 278 g/mol. The van der Waals surface area contributed by atoms with Crippen LogP contribution in [0.2, 0.25) is 5.02 Å². The Balaban J connectivity index is 1.85. The minimum Gasteiger partial charge on any atom is -0.492 e. The smallest absolute Gasteiger partial charge is 0.255 e. The summed E-state index contributed by atoms with van der Waals surface area (Å²) in [7, 11) is 0. The fraction of sp³-hybridized carbons (Fsp3) is 0.214. The molecular formula is C14H14ClN3O2. The van der Waals surface area contributed by atoms with Crippen LogP contribution in [0.4, 0.5) is 5.69 Å². The molecule has 6 heteroatoms. The van der Waals surface area contributed by atoms with E-state index in [0.717, 1.165) is 11.3 Å². The molecule has 1 aromatic heterocycles. The van der Waals surface area contributed by atoms with Crippen LogP contribution in [0.1, 0.15) is 21.6 Å². The summed E-state index contributed by atoms with van der Waals surface area (Å²) in [6.45, 7) is 0.944. The predicted octanol–water partition coefficient (Wildman–Crippen LogP) is 2.12. The van der Waals surface area contributed by atoms with Gasteiger partial charge in [0.2, 0.25) is 0 Å². The van der Waals surface area contributed by atoms with Crippen LogP contribution in [0.5, 0.6) is 5.75 Å². The Kier molecular flexibility index (Phi) is 3.28. The molecule has 3 rings (SSSR count). The SMILES string of the molecule is Nc1c(Cl)cc(C(=O)NCc2ccc[nH]2)c2c1CCO2. The minimum absolute atomic E-state index is 0.223. The van der Waals surface area contributed by atoms with Crippen molar-refractivity contribution in [1.82, 2.24) is 10.3 Å². The summed E-state index contributed by atoms with van der Waals surface area (Å²) in [5, 5.41) is 3.22. The normalized spacial score (nSPS) is 12.8. The Labute approximate surface area is 121 Å². The van der Waals surface area contributed by atoms with E-state index in [4.69, 9.17) is 22.1 Å². The van der Waals surface area contributed by atoms with Gasteiger partial charge in [-0.05, 0) is 18.2 Å². The van der Waals surface area contributed by atoms with Crippen LogP contribution >= 0.6 is 11.6 Å². The van der Waals surface area contributed by atoms with E-state index in [2.05, 4.69) is 10.3 Å². The van der Waals surface area contributed by atoms with Crippen LogP contribution in [0, 0.1) is 0 Å². The van der Waals surface area contributed by atoms with Crippen molar-refractivity contribution in [2.45, 2.75) is 13.0 Å². The highest BCUT2D eigenvalue weighted by molar-refractivity contribution is 6.33. The number of amides is 1. The molecule has 1 amide bonds. The molecule has 0 saturated carbocycles. The van der Waals surface area contributed by atoms with Crippen LogP contribution in [-0.2, 0) is 13.0 Å². The maximum Gasteiger partial charge on any atom is 0.255 e. The van der Waals surface area contributed by atoms with Crippen molar-refractivity contribution in [2.75, 3.05) is 12.3 Å². The van der Waals surface area contributed by atoms with Gasteiger partial charge in [-0.15, -0.1) is 0 Å². The molecule has 0 bridgehead atoms. The zero-order valence-electron chi connectivity index (χ0n) is 10.7. The molecule has 0 radical (unpaired) electrons. The van der Waals surface area contributed by atoms with Gasteiger partial charge in [0.15, 0.2) is 0 Å². The Morgan fingerprint density at radius 2 is 2.40 bits per heavy atom. The molecule has 2 heterocycles. The fourth-order valence-corrected chi connectivity index (χ4v) is 2.51. The van der Waals surface area contributed by atoms with Crippen molar-refractivity contribution in [1.29, 1.82) is 0 Å². The van der Waals surface area contributed by atoms with Crippen LogP contribution in [0.25, 0.3) is 0 Å². The summed E-state index contributed by atoms with van der Waals surface area (Å²) < 4.78 is 5.52. The number of halogens is 1. The van der Waals surface area contributed by atoms with Crippen LogP contribution in [-0.4, -0.2) is 17.5 Å². The standard InChI is InChI=1S/C14H14ClN3O2/c15-11-6-10(13-9(12(11)16)3-5-20-13)14(19)18-7-8-2-1-4-17-8/h1-2,4,6,17H,3,5,7,16H2,(H,18,19). The highest BCUT2D eigenvalue weighted by Gasteiger charge is 2.25. The van der Waals surface area contributed by atoms with Crippen molar-refractivity contribution < 1.29 is 9.53 Å². The number of H-pyrrole nitrogens is 1. The molecule has 0 unspecified atom stereocenters. The third kappa shape index (κ3) is 2.20. The third-order valence-corrected chi connectivity index (χ3v) is 3.63. The van der Waals surface area contributed by atoms with Crippen molar-refractivity contribution in [3.05, 3.63) is 46.2 Å². The number of aromatic nitrogens is 1. The fourth-order valence-electron chi connectivity index (χ4n) is 2.28. The first-order valence-electron chi connectivity index (χ1n) is 6.31. The molecule has 5 nitrogen and oxygen atoms in total. The van der Waals surface area contributed by atoms with Crippen molar-refractivity contribution in [2.24, 2.45) is 0 Å². The quantitative estimate of drug-likeness (QED) is 0.758. The first-order valence-corrected chi connectivity index (χ1v) is 6.68. The van der Waals surface area contributed by atoms with Gasteiger partial charge in [0, 0.05) is 23.9 Å². The van der Waals surface area contributed by atoms with Gasteiger partial charge in [0.1, 0.15) is 5.75 Å². The average molecular weight is 292 g/mol. The lowest BCUT2D eigenvalue weighted by Crippen LogP contribution is -2.23. The number of nitrogens with two attached hydrogens (primary N) is 1. The monoisotopic (exact) mass is 291 g/mol. The molecule has 104 valence electrons. The van der Waals surface area contributed by atoms with Crippen molar-refractivity contribution in [3.63, 3.8) is 0 Å². The van der Waals surface area contributed by atoms with Crippen LogP contribution in [0.15, 0.2) is 24.4 Å². The second-order valence-electron chi connectivity index (χ2n) is 4.60. The summed E-state index contributed by atoms with van der Waals surface area (Å²) >= 11 is 6.07. The second-order valence-corrected chi connectivity index (χ2v) is 5.01. The number of rotatable bonds is 3. The number of nitrogens with one attached hydrogen (secondary N) is 2. The summed E-state index contributed by atoms with van der Waals surface area (Å²) in [4.78, 5) is 15.3. The van der Waals surface area contributed by atoms with E-state index >= 15 is 0 Å². The molecule has 0 atom stereocenters. The Bertz CT molecular complexity index is 653. The molecule has 1 aromatic carbocycles. The minimum atomic E-state index is -0.223. The van der Waals surface area contributed by atoms with Gasteiger partial charge in [0.25, 0.3) is 5.91 Å². The zero-order valence-corrected chi connectivity index (χ0v) is 11.5. The molecule has 1 aliphatic heterocycles. The van der Waals surface area contributed by atoms with E-state index in [1.165, 1.54) is 0 Å². The molecule has 0 spiro atoms. The Morgan fingerprint density at radius 3 is 3.15 bits per heavy atom. The molecule has 1 aliphatic rings. The van der Waals surface area contributed by atoms with Gasteiger partial charge in [-0.1, -0.05) is 11.6 Å². The summed E-state index contributed by atoms with van der Waals surface area (Å²) in [6.07, 6.45) is 2.49. The molecule has 2 aromatic rings. The van der Waals surface area contributed by atoms with E-state index in [0.29, 0.717) is 41.6 Å². The van der Waals surface area contributed by atoms with Gasteiger partial charge in [0.05, 0.1) is 29.4 Å². The number of hydrogen-bond acceptors (Lipinski definition) is 3. The molecule has 20 heavy (non-hydrogen) atoms. The molecule has 0 aliphatic carbocycles. The lowest BCUT2D eigenvalue weighted by Gasteiger charge is -2.11. The number of anilines is 1. The predicted molar refractivity (Wildman–Crippen MR) is 77.0 cm³/mol. The third-order valence-electron chi connectivity index (χ3n) is 3.32. The van der Waals surface area contributed by atoms with Crippen molar-refractivity contribution >= 4 is 23.2 Å². The first kappa shape index (κ1) is 12.9. The van der Waals surface area contributed by atoms with Gasteiger partial charge in [-0.3, -0.25) is 4.79 Å². The van der Waals surface area contributed by atoms with E-state index < -0.39 is 0 Å². The van der Waals surface area contributed by atoms with Gasteiger partial charge >= 0.3 is 0 Å². The molecule has 0 saturated heterocycles. The number of fused-ring (bicyclic) bond motifs is 1. The lowest BCUT2D eigenvalue weighted by atomic mass is 10.1. The van der Waals surface area contributed by atoms with E-state index in [-0.39, 0.29) is 5.91 Å². The number of aromatic amines is 1. The summed E-state index contributed by atoms with van der Waals surface area (Å²) in [5.74, 6) is 0.329. The Morgan fingerprint density at radius 1 is 1.55 bits per heavy atom.